The highest BCUT2D eigenvalue weighted by Gasteiger charge is 2.35. The summed E-state index contributed by atoms with van der Waals surface area (Å²) in [6.07, 6.45) is 1.95. The van der Waals surface area contributed by atoms with Gasteiger partial charge in [0.1, 0.15) is 18.4 Å². The number of piperazine rings is 1. The van der Waals surface area contributed by atoms with Crippen LogP contribution in [0.3, 0.4) is 0 Å². The predicted molar refractivity (Wildman–Crippen MR) is 87.1 cm³/mol. The van der Waals surface area contributed by atoms with Crippen LogP contribution in [0.5, 0.6) is 0 Å². The van der Waals surface area contributed by atoms with Gasteiger partial charge in [-0.15, -0.1) is 0 Å². The molecule has 1 aliphatic heterocycles. The van der Waals surface area contributed by atoms with Crippen molar-refractivity contribution in [3.05, 3.63) is 35.6 Å². The van der Waals surface area contributed by atoms with Crippen molar-refractivity contribution in [3.63, 3.8) is 0 Å². The Morgan fingerprint density at radius 2 is 2.04 bits per heavy atom. The first-order valence-electron chi connectivity index (χ1n) is 8.21. The maximum absolute atomic E-state index is 13.3. The van der Waals surface area contributed by atoms with Crippen LogP contribution in [-0.2, 0) is 16.1 Å². The number of nitrogens with zero attached hydrogens (tertiary/aromatic N) is 2. The standard InChI is InChI=1S/C18H25FN2O2/c1-13(2)6-5-9-21-14(3)18(23)20(12-17(21)22)11-15-7-4-8-16(19)10-15/h4,7-8,10,13-14H,5-6,9,11-12H2,1-3H3/t14-/m0/s1. The average molecular weight is 320 g/mol. The highest BCUT2D eigenvalue weighted by molar-refractivity contribution is 5.94. The quantitative estimate of drug-likeness (QED) is 0.809. The van der Waals surface area contributed by atoms with Crippen LogP contribution in [0.1, 0.15) is 39.2 Å². The Bertz CT molecular complexity index is 574. The van der Waals surface area contributed by atoms with Crippen LogP contribution in [0.2, 0.25) is 0 Å². The maximum atomic E-state index is 13.3. The largest absolute Gasteiger partial charge is 0.329 e. The van der Waals surface area contributed by atoms with E-state index < -0.39 is 6.04 Å². The fourth-order valence-corrected chi connectivity index (χ4v) is 2.92. The highest BCUT2D eigenvalue weighted by atomic mass is 19.1. The molecule has 1 aromatic rings. The van der Waals surface area contributed by atoms with Crippen LogP contribution in [0, 0.1) is 11.7 Å². The van der Waals surface area contributed by atoms with Gasteiger partial charge in [0.25, 0.3) is 0 Å². The molecular formula is C18H25FN2O2. The lowest BCUT2D eigenvalue weighted by Crippen LogP contribution is -2.58. The first-order valence-corrected chi connectivity index (χ1v) is 8.21. The van der Waals surface area contributed by atoms with Gasteiger partial charge in [0.05, 0.1) is 0 Å². The summed E-state index contributed by atoms with van der Waals surface area (Å²) in [5.74, 6) is 0.155. The highest BCUT2D eigenvalue weighted by Crippen LogP contribution is 2.17. The zero-order chi connectivity index (χ0) is 17.0. The number of hydrogen-bond acceptors (Lipinski definition) is 2. The van der Waals surface area contributed by atoms with Gasteiger partial charge in [-0.1, -0.05) is 26.0 Å². The van der Waals surface area contributed by atoms with Crippen molar-refractivity contribution in [2.75, 3.05) is 13.1 Å². The molecule has 126 valence electrons. The van der Waals surface area contributed by atoms with Gasteiger partial charge >= 0.3 is 0 Å². The summed E-state index contributed by atoms with van der Waals surface area (Å²) < 4.78 is 13.3. The number of halogens is 1. The molecule has 1 fully saturated rings. The molecule has 5 heteroatoms. The first-order chi connectivity index (χ1) is 10.9. The van der Waals surface area contributed by atoms with E-state index in [0.29, 0.717) is 18.0 Å². The van der Waals surface area contributed by atoms with Gasteiger partial charge in [-0.3, -0.25) is 9.59 Å². The monoisotopic (exact) mass is 320 g/mol. The molecule has 0 N–H and O–H groups in total. The van der Waals surface area contributed by atoms with Gasteiger partial charge in [0.15, 0.2) is 0 Å². The zero-order valence-corrected chi connectivity index (χ0v) is 14.1. The molecule has 0 spiro atoms. The first kappa shape index (κ1) is 17.4. The van der Waals surface area contributed by atoms with Gasteiger partial charge in [-0.2, -0.15) is 0 Å². The lowest BCUT2D eigenvalue weighted by atomic mass is 10.1. The summed E-state index contributed by atoms with van der Waals surface area (Å²) in [5, 5.41) is 0. The summed E-state index contributed by atoms with van der Waals surface area (Å²) in [5.41, 5.74) is 0.701. The molecule has 1 heterocycles. The molecule has 0 aromatic heterocycles. The summed E-state index contributed by atoms with van der Waals surface area (Å²) in [6, 6.07) is 5.70. The van der Waals surface area contributed by atoms with Crippen LogP contribution < -0.4 is 0 Å². The third-order valence-electron chi connectivity index (χ3n) is 4.23. The Labute approximate surface area is 137 Å². The van der Waals surface area contributed by atoms with Crippen molar-refractivity contribution in [3.8, 4) is 0 Å². The fraction of sp³-hybridized carbons (Fsp3) is 0.556. The third-order valence-corrected chi connectivity index (χ3v) is 4.23. The number of hydrogen-bond donors (Lipinski definition) is 0. The second-order valence-electron chi connectivity index (χ2n) is 6.62. The van der Waals surface area contributed by atoms with E-state index in [0.717, 1.165) is 12.8 Å². The van der Waals surface area contributed by atoms with Gasteiger partial charge in [0, 0.05) is 13.1 Å². The minimum Gasteiger partial charge on any atom is -0.329 e. The maximum Gasteiger partial charge on any atom is 0.245 e. The fourth-order valence-electron chi connectivity index (χ4n) is 2.92. The average Bonchev–Trinajstić information content (AvgIpc) is 2.48. The Balaban J connectivity index is 1.99. The SMILES string of the molecule is CC(C)CCCN1C(=O)CN(Cc2cccc(F)c2)C(=O)[C@@H]1C. The van der Waals surface area contributed by atoms with E-state index in [1.54, 1.807) is 24.0 Å². The van der Waals surface area contributed by atoms with Crippen LogP contribution in [0.15, 0.2) is 24.3 Å². The van der Waals surface area contributed by atoms with E-state index in [9.17, 15) is 14.0 Å². The minimum absolute atomic E-state index is 0.0303. The Morgan fingerprint density at radius 3 is 2.70 bits per heavy atom. The van der Waals surface area contributed by atoms with Gasteiger partial charge < -0.3 is 9.80 Å². The summed E-state index contributed by atoms with van der Waals surface area (Å²) in [4.78, 5) is 28.0. The lowest BCUT2D eigenvalue weighted by Gasteiger charge is -2.39. The third kappa shape index (κ3) is 4.53. The van der Waals surface area contributed by atoms with Gasteiger partial charge in [-0.05, 0) is 43.4 Å². The van der Waals surface area contributed by atoms with E-state index in [1.165, 1.54) is 17.0 Å². The number of benzene rings is 1. The minimum atomic E-state index is -0.447. The number of carbonyl (C=O) groups is 2. The zero-order valence-electron chi connectivity index (χ0n) is 14.1. The molecule has 0 bridgehead atoms. The van der Waals surface area contributed by atoms with Crippen molar-refractivity contribution < 1.29 is 14.0 Å². The summed E-state index contributed by atoms with van der Waals surface area (Å²) >= 11 is 0. The Morgan fingerprint density at radius 1 is 1.30 bits per heavy atom. The number of rotatable bonds is 6. The number of amides is 2. The van der Waals surface area contributed by atoms with Crippen LogP contribution >= 0.6 is 0 Å². The lowest BCUT2D eigenvalue weighted by molar-refractivity contribution is -0.155. The number of carbonyl (C=O) groups excluding carboxylic acids is 2. The van der Waals surface area contributed by atoms with Crippen molar-refractivity contribution in [1.82, 2.24) is 9.80 Å². The molecule has 2 amide bonds. The molecule has 1 aliphatic rings. The van der Waals surface area contributed by atoms with Crippen LogP contribution in [0.4, 0.5) is 4.39 Å². The van der Waals surface area contributed by atoms with E-state index in [1.807, 2.05) is 0 Å². The Kier molecular flexibility index (Phi) is 5.74. The van der Waals surface area contributed by atoms with Crippen LogP contribution in [-0.4, -0.2) is 40.7 Å². The van der Waals surface area contributed by atoms with E-state index >= 15 is 0 Å². The van der Waals surface area contributed by atoms with Crippen molar-refractivity contribution in [1.29, 1.82) is 0 Å². The summed E-state index contributed by atoms with van der Waals surface area (Å²) in [7, 11) is 0. The molecule has 1 aromatic carbocycles. The summed E-state index contributed by atoms with van der Waals surface area (Å²) in [6.45, 7) is 7.03. The van der Waals surface area contributed by atoms with E-state index in [-0.39, 0.29) is 30.7 Å². The smallest absolute Gasteiger partial charge is 0.245 e. The second kappa shape index (κ2) is 7.57. The molecule has 1 saturated heterocycles. The van der Waals surface area contributed by atoms with Gasteiger partial charge in [-0.25, -0.2) is 4.39 Å². The molecule has 0 aliphatic carbocycles. The molecule has 0 saturated carbocycles. The predicted octanol–water partition coefficient (Wildman–Crippen LogP) is 2.82. The van der Waals surface area contributed by atoms with E-state index in [2.05, 4.69) is 13.8 Å². The molecular weight excluding hydrogens is 295 g/mol. The van der Waals surface area contributed by atoms with Crippen molar-refractivity contribution >= 4 is 11.8 Å². The topological polar surface area (TPSA) is 40.6 Å². The molecule has 0 radical (unpaired) electrons. The Hall–Kier alpha value is -1.91. The van der Waals surface area contributed by atoms with Crippen LogP contribution in [0.25, 0.3) is 0 Å². The van der Waals surface area contributed by atoms with Crippen molar-refractivity contribution in [2.45, 2.75) is 46.2 Å². The molecule has 4 nitrogen and oxygen atoms in total. The molecule has 1 atom stereocenters. The normalized spacial score (nSPS) is 18.9. The van der Waals surface area contributed by atoms with E-state index in [4.69, 9.17) is 0 Å². The molecule has 23 heavy (non-hydrogen) atoms. The molecule has 0 unspecified atom stereocenters. The van der Waals surface area contributed by atoms with Gasteiger partial charge in [0.2, 0.25) is 11.8 Å². The second-order valence-corrected chi connectivity index (χ2v) is 6.62. The van der Waals surface area contributed by atoms with Crippen molar-refractivity contribution in [2.24, 2.45) is 5.92 Å². The molecule has 2 rings (SSSR count).